The number of halogens is 3. The summed E-state index contributed by atoms with van der Waals surface area (Å²) in [6, 6.07) is 1.55. The van der Waals surface area contributed by atoms with Crippen LogP contribution in [0.15, 0.2) is 17.0 Å². The molecular formula is C11H12Cl2FNO4S. The molecule has 0 saturated carbocycles. The number of carbonyl (C=O) groups excluding carboxylic acids is 1. The smallest absolute Gasteiger partial charge is 0.264 e. The standard InChI is InChI=1S/C11H12Cl2FNO4S/c1-19-4-2-3-15-11(16)7-5-10(20(13,17)18)9(14)6-8(7)12/h5-6H,2-4H2,1H3,(H,15,16). The second-order valence-electron chi connectivity index (χ2n) is 3.80. The van der Waals surface area contributed by atoms with E-state index in [0.717, 1.165) is 12.1 Å². The van der Waals surface area contributed by atoms with Crippen LogP contribution < -0.4 is 5.32 Å². The lowest BCUT2D eigenvalue weighted by atomic mass is 10.2. The minimum absolute atomic E-state index is 0.162. The maximum Gasteiger partial charge on any atom is 0.264 e. The summed E-state index contributed by atoms with van der Waals surface area (Å²) in [6.45, 7) is 0.766. The molecule has 1 amide bonds. The van der Waals surface area contributed by atoms with E-state index in [0.29, 0.717) is 19.6 Å². The van der Waals surface area contributed by atoms with Crippen LogP contribution in [0.1, 0.15) is 16.8 Å². The Morgan fingerprint density at radius 2 is 2.10 bits per heavy atom. The van der Waals surface area contributed by atoms with Gasteiger partial charge in [0.25, 0.3) is 15.0 Å². The summed E-state index contributed by atoms with van der Waals surface area (Å²) in [7, 11) is 2.31. The highest BCUT2D eigenvalue weighted by Gasteiger charge is 2.21. The highest BCUT2D eigenvalue weighted by molar-refractivity contribution is 8.13. The Morgan fingerprint density at radius 3 is 2.65 bits per heavy atom. The number of methoxy groups -OCH3 is 1. The molecule has 0 aliphatic heterocycles. The van der Waals surface area contributed by atoms with Crippen LogP contribution in [0.3, 0.4) is 0 Å². The highest BCUT2D eigenvalue weighted by Crippen LogP contribution is 2.26. The van der Waals surface area contributed by atoms with Gasteiger partial charge in [-0.25, -0.2) is 12.8 Å². The first-order valence-corrected chi connectivity index (χ1v) is 8.17. The molecule has 1 rings (SSSR count). The lowest BCUT2D eigenvalue weighted by Crippen LogP contribution is -2.25. The number of carbonyl (C=O) groups is 1. The summed E-state index contributed by atoms with van der Waals surface area (Å²) in [5, 5.41) is 2.31. The molecule has 20 heavy (non-hydrogen) atoms. The van der Waals surface area contributed by atoms with Crippen molar-refractivity contribution in [2.45, 2.75) is 11.3 Å². The number of hydrogen-bond donors (Lipinski definition) is 1. The summed E-state index contributed by atoms with van der Waals surface area (Å²) < 4.78 is 40.6. The van der Waals surface area contributed by atoms with Crippen molar-refractivity contribution in [3.63, 3.8) is 0 Å². The molecule has 112 valence electrons. The van der Waals surface area contributed by atoms with E-state index in [4.69, 9.17) is 27.0 Å². The number of ether oxygens (including phenoxy) is 1. The van der Waals surface area contributed by atoms with Crippen LogP contribution >= 0.6 is 22.3 Å². The van der Waals surface area contributed by atoms with Crippen LogP contribution in [0.4, 0.5) is 4.39 Å². The van der Waals surface area contributed by atoms with Crippen molar-refractivity contribution >= 4 is 37.2 Å². The fourth-order valence-corrected chi connectivity index (χ4v) is 2.55. The fourth-order valence-electron chi connectivity index (χ4n) is 1.40. The monoisotopic (exact) mass is 343 g/mol. The van der Waals surface area contributed by atoms with E-state index in [-0.39, 0.29) is 10.6 Å². The average molecular weight is 344 g/mol. The normalized spacial score (nSPS) is 11.4. The first kappa shape index (κ1) is 17.2. The zero-order chi connectivity index (χ0) is 15.3. The first-order chi connectivity index (χ1) is 9.27. The molecule has 0 unspecified atom stereocenters. The van der Waals surface area contributed by atoms with Gasteiger partial charge in [0.2, 0.25) is 0 Å². The number of benzene rings is 1. The average Bonchev–Trinajstić information content (AvgIpc) is 2.32. The highest BCUT2D eigenvalue weighted by atomic mass is 35.7. The maximum absolute atomic E-state index is 13.4. The second-order valence-corrected chi connectivity index (χ2v) is 6.74. The number of amides is 1. The van der Waals surface area contributed by atoms with Crippen molar-refractivity contribution < 1.29 is 22.3 Å². The summed E-state index contributed by atoms with van der Waals surface area (Å²) >= 11 is 5.72. The van der Waals surface area contributed by atoms with Gasteiger partial charge in [-0.3, -0.25) is 4.79 Å². The number of nitrogens with one attached hydrogen (secondary N) is 1. The molecule has 1 aromatic rings. The van der Waals surface area contributed by atoms with Crippen LogP contribution in [0.2, 0.25) is 5.02 Å². The van der Waals surface area contributed by atoms with Gasteiger partial charge in [-0.15, -0.1) is 0 Å². The Labute approximate surface area is 125 Å². The van der Waals surface area contributed by atoms with Crippen molar-refractivity contribution in [3.05, 3.63) is 28.5 Å². The molecule has 5 nitrogen and oxygen atoms in total. The van der Waals surface area contributed by atoms with Gasteiger partial charge in [0, 0.05) is 30.9 Å². The third-order valence-electron chi connectivity index (χ3n) is 2.34. The van der Waals surface area contributed by atoms with Crippen LogP contribution in [0.25, 0.3) is 0 Å². The molecule has 0 aromatic heterocycles. The van der Waals surface area contributed by atoms with Crippen LogP contribution in [-0.4, -0.2) is 34.6 Å². The first-order valence-electron chi connectivity index (χ1n) is 5.48. The lowest BCUT2D eigenvalue weighted by Gasteiger charge is -2.08. The molecule has 0 saturated heterocycles. The predicted molar refractivity (Wildman–Crippen MR) is 73.3 cm³/mol. The minimum atomic E-state index is -4.30. The Morgan fingerprint density at radius 1 is 1.45 bits per heavy atom. The molecule has 1 N–H and O–H groups in total. The third kappa shape index (κ3) is 4.59. The van der Waals surface area contributed by atoms with Gasteiger partial charge in [-0.1, -0.05) is 11.6 Å². The summed E-state index contributed by atoms with van der Waals surface area (Å²) in [4.78, 5) is 11.0. The molecule has 0 spiro atoms. The van der Waals surface area contributed by atoms with Crippen LogP contribution in [-0.2, 0) is 13.8 Å². The van der Waals surface area contributed by atoms with Crippen molar-refractivity contribution in [1.82, 2.24) is 5.32 Å². The SMILES string of the molecule is COCCCNC(=O)c1cc(S(=O)(=O)Cl)c(F)cc1Cl. The van der Waals surface area contributed by atoms with Crippen molar-refractivity contribution in [1.29, 1.82) is 0 Å². The van der Waals surface area contributed by atoms with E-state index in [2.05, 4.69) is 5.32 Å². The van der Waals surface area contributed by atoms with E-state index in [1.807, 2.05) is 0 Å². The van der Waals surface area contributed by atoms with Gasteiger partial charge in [-0.05, 0) is 18.6 Å². The van der Waals surface area contributed by atoms with E-state index in [9.17, 15) is 17.6 Å². The molecule has 0 radical (unpaired) electrons. The largest absolute Gasteiger partial charge is 0.385 e. The molecule has 0 aliphatic rings. The van der Waals surface area contributed by atoms with Crippen molar-refractivity contribution in [2.75, 3.05) is 20.3 Å². The summed E-state index contributed by atoms with van der Waals surface area (Å²) in [5.74, 6) is -1.73. The quantitative estimate of drug-likeness (QED) is 0.634. The van der Waals surface area contributed by atoms with Gasteiger partial charge < -0.3 is 10.1 Å². The predicted octanol–water partition coefficient (Wildman–Crippen LogP) is 2.17. The Hall–Kier alpha value is -0.890. The Balaban J connectivity index is 2.98. The zero-order valence-corrected chi connectivity index (χ0v) is 12.8. The summed E-state index contributed by atoms with van der Waals surface area (Å²) in [6.07, 6.45) is 0.571. The van der Waals surface area contributed by atoms with E-state index >= 15 is 0 Å². The van der Waals surface area contributed by atoms with Crippen LogP contribution in [0, 0.1) is 5.82 Å². The number of hydrogen-bond acceptors (Lipinski definition) is 4. The van der Waals surface area contributed by atoms with E-state index < -0.39 is 25.7 Å². The van der Waals surface area contributed by atoms with Crippen molar-refractivity contribution in [3.8, 4) is 0 Å². The minimum Gasteiger partial charge on any atom is -0.385 e. The molecular weight excluding hydrogens is 332 g/mol. The molecule has 0 fully saturated rings. The molecule has 0 aliphatic carbocycles. The zero-order valence-electron chi connectivity index (χ0n) is 10.5. The fraction of sp³-hybridized carbons (Fsp3) is 0.364. The molecule has 9 heteroatoms. The Kier molecular flexibility index (Phi) is 6.19. The van der Waals surface area contributed by atoms with Gasteiger partial charge in [-0.2, -0.15) is 0 Å². The molecule has 0 heterocycles. The van der Waals surface area contributed by atoms with E-state index in [1.54, 1.807) is 0 Å². The van der Waals surface area contributed by atoms with Gasteiger partial charge in [0.1, 0.15) is 10.7 Å². The molecule has 0 atom stereocenters. The van der Waals surface area contributed by atoms with Crippen molar-refractivity contribution in [2.24, 2.45) is 0 Å². The van der Waals surface area contributed by atoms with E-state index in [1.165, 1.54) is 7.11 Å². The van der Waals surface area contributed by atoms with Gasteiger partial charge in [0.15, 0.2) is 0 Å². The van der Waals surface area contributed by atoms with Gasteiger partial charge in [0.05, 0.1) is 10.6 Å². The Bertz CT molecular complexity index is 607. The van der Waals surface area contributed by atoms with Crippen LogP contribution in [0.5, 0.6) is 0 Å². The maximum atomic E-state index is 13.4. The second kappa shape index (κ2) is 7.21. The molecule has 1 aromatic carbocycles. The molecule has 0 bridgehead atoms. The summed E-state index contributed by atoms with van der Waals surface area (Å²) in [5.41, 5.74) is -0.162. The lowest BCUT2D eigenvalue weighted by molar-refractivity contribution is 0.0948. The number of rotatable bonds is 6. The van der Waals surface area contributed by atoms with Gasteiger partial charge >= 0.3 is 0 Å². The third-order valence-corrected chi connectivity index (χ3v) is 3.99. The topological polar surface area (TPSA) is 72.5 Å².